The van der Waals surface area contributed by atoms with Crippen LogP contribution in [0, 0.1) is 5.92 Å². The second kappa shape index (κ2) is 15.4. The van der Waals surface area contributed by atoms with Gasteiger partial charge in [0.05, 0.1) is 6.61 Å². The minimum atomic E-state index is -1.25. The molecule has 0 aliphatic carbocycles. The monoisotopic (exact) mass is 560 g/mol. The maximum atomic E-state index is 13.3. The molecular formula is C26H40N8O6. The minimum Gasteiger partial charge on any atom is -0.480 e. The lowest BCUT2D eigenvalue weighted by Crippen LogP contribution is -2.57. The zero-order chi connectivity index (χ0) is 29.8. The van der Waals surface area contributed by atoms with Gasteiger partial charge in [-0.15, -0.1) is 0 Å². The Hall–Kier alpha value is -4.17. The van der Waals surface area contributed by atoms with Crippen LogP contribution in [0.2, 0.25) is 0 Å². The first-order chi connectivity index (χ1) is 18.9. The maximum Gasteiger partial charge on any atom is 0.326 e. The lowest BCUT2D eigenvalue weighted by Gasteiger charge is -2.26. The smallest absolute Gasteiger partial charge is 0.326 e. The number of amides is 3. The molecule has 1 aromatic carbocycles. The first kappa shape index (κ1) is 32.0. The van der Waals surface area contributed by atoms with Crippen LogP contribution in [-0.4, -0.2) is 82.2 Å². The molecule has 14 heteroatoms. The number of aromatic amines is 1. The molecule has 0 spiro atoms. The van der Waals surface area contributed by atoms with Crippen LogP contribution in [0.15, 0.2) is 35.5 Å². The summed E-state index contributed by atoms with van der Waals surface area (Å²) in [6.07, 6.45) is 2.36. The average Bonchev–Trinajstić information content (AvgIpc) is 3.31. The third-order valence-corrected chi connectivity index (χ3v) is 6.17. The van der Waals surface area contributed by atoms with Crippen molar-refractivity contribution in [2.75, 3.05) is 13.2 Å². The van der Waals surface area contributed by atoms with Gasteiger partial charge < -0.3 is 48.3 Å². The van der Waals surface area contributed by atoms with Gasteiger partial charge in [-0.05, 0) is 36.8 Å². The summed E-state index contributed by atoms with van der Waals surface area (Å²) in [6, 6.07) is 2.72. The lowest BCUT2D eigenvalue weighted by atomic mass is 10.0. The summed E-state index contributed by atoms with van der Waals surface area (Å²) in [7, 11) is 0. The number of para-hydroxylation sites is 1. The van der Waals surface area contributed by atoms with E-state index in [2.05, 4.69) is 25.9 Å². The number of aliphatic hydroxyl groups excluding tert-OH is 1. The number of nitrogens with one attached hydrogen (secondary N) is 4. The largest absolute Gasteiger partial charge is 0.480 e. The second-order valence-corrected chi connectivity index (χ2v) is 9.95. The normalized spacial score (nSPS) is 14.1. The van der Waals surface area contributed by atoms with E-state index in [1.807, 2.05) is 38.1 Å². The van der Waals surface area contributed by atoms with E-state index >= 15 is 0 Å². The van der Waals surface area contributed by atoms with Crippen molar-refractivity contribution in [2.24, 2.45) is 28.1 Å². The van der Waals surface area contributed by atoms with Crippen molar-refractivity contribution in [1.29, 1.82) is 0 Å². The van der Waals surface area contributed by atoms with Gasteiger partial charge >= 0.3 is 5.97 Å². The molecule has 0 bridgehead atoms. The standard InChI is InChI=1S/C26H40N8O6/c1-14(2)10-20(33-23(37)19(8-5-9-30-26(28)29)32-22(36)17(27)13-35)24(38)34-21(25(39)40)11-15-12-31-18-7-4-3-6-16(15)18/h3-4,6-7,12,14,17,19-21,31,35H,5,8-11,13,27H2,1-2H3,(H,32,36)(H,33,37)(H,34,38)(H,39,40)(H4,28,29,30). The first-order valence-electron chi connectivity index (χ1n) is 13.0. The van der Waals surface area contributed by atoms with Crippen LogP contribution < -0.4 is 33.2 Å². The van der Waals surface area contributed by atoms with Gasteiger partial charge in [-0.1, -0.05) is 32.0 Å². The van der Waals surface area contributed by atoms with E-state index in [0.717, 1.165) is 16.5 Å². The van der Waals surface area contributed by atoms with E-state index in [0.29, 0.717) is 6.42 Å². The maximum absolute atomic E-state index is 13.3. The van der Waals surface area contributed by atoms with E-state index in [1.54, 1.807) is 6.20 Å². The molecule has 1 aromatic heterocycles. The summed E-state index contributed by atoms with van der Waals surface area (Å²) in [6.45, 7) is 3.27. The number of nitrogens with zero attached hydrogens (tertiary/aromatic N) is 1. The van der Waals surface area contributed by atoms with Crippen molar-refractivity contribution < 1.29 is 29.4 Å². The topological polar surface area (TPSA) is 251 Å². The van der Waals surface area contributed by atoms with Crippen molar-refractivity contribution in [1.82, 2.24) is 20.9 Å². The molecule has 3 amide bonds. The third kappa shape index (κ3) is 9.85. The molecule has 2 rings (SSSR count). The molecule has 12 N–H and O–H groups in total. The number of guanidine groups is 1. The molecule has 4 atom stereocenters. The van der Waals surface area contributed by atoms with E-state index in [4.69, 9.17) is 17.2 Å². The number of aliphatic imine (C=N–C) groups is 1. The van der Waals surface area contributed by atoms with Gasteiger partial charge in [0.1, 0.15) is 24.2 Å². The number of aliphatic carboxylic acids is 1. The summed E-state index contributed by atoms with van der Waals surface area (Å²) in [4.78, 5) is 57.8. The fourth-order valence-electron chi connectivity index (χ4n) is 4.10. The van der Waals surface area contributed by atoms with Gasteiger partial charge in [0.15, 0.2) is 5.96 Å². The highest BCUT2D eigenvalue weighted by Crippen LogP contribution is 2.19. The van der Waals surface area contributed by atoms with Crippen molar-refractivity contribution in [3.8, 4) is 0 Å². The van der Waals surface area contributed by atoms with Crippen LogP contribution in [0.5, 0.6) is 0 Å². The Morgan fingerprint density at radius 1 is 0.975 bits per heavy atom. The summed E-state index contributed by atoms with van der Waals surface area (Å²) < 4.78 is 0. The van der Waals surface area contributed by atoms with E-state index < -0.39 is 54.5 Å². The van der Waals surface area contributed by atoms with Crippen molar-refractivity contribution in [2.45, 2.75) is 63.7 Å². The molecule has 1 heterocycles. The van der Waals surface area contributed by atoms with Crippen molar-refractivity contribution >= 4 is 40.6 Å². The number of carbonyl (C=O) groups is 4. The van der Waals surface area contributed by atoms with E-state index in [-0.39, 0.29) is 37.7 Å². The van der Waals surface area contributed by atoms with Gasteiger partial charge in [0, 0.05) is 30.1 Å². The number of carboxylic acid groups (broad SMARTS) is 1. The van der Waals surface area contributed by atoms with E-state index in [9.17, 15) is 29.4 Å². The number of rotatable bonds is 16. The predicted octanol–water partition coefficient (Wildman–Crippen LogP) is -1.33. The molecular weight excluding hydrogens is 520 g/mol. The number of aliphatic hydroxyl groups is 1. The Kier molecular flexibility index (Phi) is 12.4. The number of fused-ring (bicyclic) bond motifs is 1. The zero-order valence-electron chi connectivity index (χ0n) is 22.7. The lowest BCUT2D eigenvalue weighted by molar-refractivity contribution is -0.142. The molecule has 0 saturated carbocycles. The highest BCUT2D eigenvalue weighted by atomic mass is 16.4. The van der Waals surface area contributed by atoms with Crippen LogP contribution in [0.25, 0.3) is 10.9 Å². The molecule has 220 valence electrons. The molecule has 0 saturated heterocycles. The second-order valence-electron chi connectivity index (χ2n) is 9.95. The third-order valence-electron chi connectivity index (χ3n) is 6.17. The van der Waals surface area contributed by atoms with Gasteiger partial charge in [-0.25, -0.2) is 4.79 Å². The fraction of sp³-hybridized carbons (Fsp3) is 0.500. The van der Waals surface area contributed by atoms with Crippen LogP contribution >= 0.6 is 0 Å². The molecule has 14 nitrogen and oxygen atoms in total. The Morgan fingerprint density at radius 3 is 2.23 bits per heavy atom. The number of hydrogen-bond donors (Lipinski definition) is 9. The first-order valence-corrected chi connectivity index (χ1v) is 13.0. The summed E-state index contributed by atoms with van der Waals surface area (Å²) >= 11 is 0. The Balaban J connectivity index is 2.18. The van der Waals surface area contributed by atoms with Gasteiger partial charge in [0.2, 0.25) is 17.7 Å². The van der Waals surface area contributed by atoms with Crippen LogP contribution in [0.1, 0.15) is 38.7 Å². The number of benzene rings is 1. The van der Waals surface area contributed by atoms with Crippen molar-refractivity contribution in [3.05, 3.63) is 36.0 Å². The number of aromatic nitrogens is 1. The minimum absolute atomic E-state index is 0.0238. The summed E-state index contributed by atoms with van der Waals surface area (Å²) in [5.74, 6) is -3.48. The van der Waals surface area contributed by atoms with Gasteiger partial charge in [-0.2, -0.15) is 0 Å². The quantitative estimate of drug-likeness (QED) is 0.0669. The molecule has 0 fully saturated rings. The number of H-pyrrole nitrogens is 1. The molecule has 0 aliphatic heterocycles. The van der Waals surface area contributed by atoms with Crippen LogP contribution in [0.3, 0.4) is 0 Å². The van der Waals surface area contributed by atoms with Gasteiger partial charge in [0.25, 0.3) is 0 Å². The molecule has 40 heavy (non-hydrogen) atoms. The molecule has 4 unspecified atom stereocenters. The van der Waals surface area contributed by atoms with E-state index in [1.165, 1.54) is 0 Å². The zero-order valence-corrected chi connectivity index (χ0v) is 22.7. The van der Waals surface area contributed by atoms with Gasteiger partial charge in [-0.3, -0.25) is 19.4 Å². The highest BCUT2D eigenvalue weighted by Gasteiger charge is 2.31. The molecule has 2 aromatic rings. The highest BCUT2D eigenvalue weighted by molar-refractivity contribution is 5.94. The number of carbonyl (C=O) groups excluding carboxylic acids is 3. The summed E-state index contributed by atoms with van der Waals surface area (Å²) in [5.41, 5.74) is 17.8. The number of hydrogen-bond acceptors (Lipinski definition) is 7. The predicted molar refractivity (Wildman–Crippen MR) is 150 cm³/mol. The fourth-order valence-corrected chi connectivity index (χ4v) is 4.10. The Morgan fingerprint density at radius 2 is 1.60 bits per heavy atom. The number of nitrogens with two attached hydrogens (primary N) is 3. The van der Waals surface area contributed by atoms with Crippen LogP contribution in [-0.2, 0) is 25.6 Å². The van der Waals surface area contributed by atoms with Crippen molar-refractivity contribution in [3.63, 3.8) is 0 Å². The molecule has 0 radical (unpaired) electrons. The Labute approximate surface area is 232 Å². The van der Waals surface area contributed by atoms with Crippen LogP contribution in [0.4, 0.5) is 0 Å². The average molecular weight is 561 g/mol. The molecule has 0 aliphatic rings. The Bertz CT molecular complexity index is 1190. The summed E-state index contributed by atoms with van der Waals surface area (Å²) in [5, 5.41) is 27.5. The number of carboxylic acids is 1. The SMILES string of the molecule is CC(C)CC(NC(=O)C(CCCN=C(N)N)NC(=O)C(N)CO)C(=O)NC(Cc1c[nH]c2ccccc12)C(=O)O.